The summed E-state index contributed by atoms with van der Waals surface area (Å²) >= 11 is 5.78. The maximum atomic E-state index is 13.8. The molecule has 106 valence electrons. The highest BCUT2D eigenvalue weighted by Gasteiger charge is 2.06. The minimum atomic E-state index is -0.367. The van der Waals surface area contributed by atoms with Crippen molar-refractivity contribution in [3.63, 3.8) is 0 Å². The van der Waals surface area contributed by atoms with Gasteiger partial charge < -0.3 is 9.88 Å². The molecule has 0 atom stereocenters. The normalized spacial score (nSPS) is 10.6. The van der Waals surface area contributed by atoms with Gasteiger partial charge in [-0.1, -0.05) is 29.8 Å². The molecule has 0 saturated carbocycles. The predicted molar refractivity (Wildman–Crippen MR) is 84.5 cm³/mol. The maximum Gasteiger partial charge on any atom is 0.146 e. The van der Waals surface area contributed by atoms with Crippen LogP contribution in [0.1, 0.15) is 5.56 Å². The number of hydrogen-bond acceptors (Lipinski definition) is 1. The lowest BCUT2D eigenvalue weighted by molar-refractivity contribution is 0.613. The molecule has 21 heavy (non-hydrogen) atoms. The summed E-state index contributed by atoms with van der Waals surface area (Å²) in [4.78, 5) is 0. The van der Waals surface area contributed by atoms with Crippen molar-refractivity contribution in [3.8, 4) is 5.69 Å². The molecule has 2 aromatic carbocycles. The van der Waals surface area contributed by atoms with Crippen molar-refractivity contribution in [2.75, 3.05) is 5.32 Å². The fourth-order valence-electron chi connectivity index (χ4n) is 2.17. The van der Waals surface area contributed by atoms with Crippen LogP contribution in [0.15, 0.2) is 67.0 Å². The second-order valence-electron chi connectivity index (χ2n) is 4.71. The number of benzene rings is 2. The number of rotatable bonds is 4. The van der Waals surface area contributed by atoms with Crippen LogP contribution in [-0.4, -0.2) is 4.57 Å². The van der Waals surface area contributed by atoms with Crippen molar-refractivity contribution in [2.24, 2.45) is 0 Å². The highest BCUT2D eigenvalue weighted by molar-refractivity contribution is 6.30. The van der Waals surface area contributed by atoms with Crippen LogP contribution in [0.4, 0.5) is 10.1 Å². The smallest absolute Gasteiger partial charge is 0.146 e. The molecule has 0 aliphatic carbocycles. The average molecular weight is 301 g/mol. The minimum absolute atomic E-state index is 0.149. The molecule has 2 nitrogen and oxygen atoms in total. The van der Waals surface area contributed by atoms with Crippen LogP contribution in [0.2, 0.25) is 5.02 Å². The van der Waals surface area contributed by atoms with Crippen molar-refractivity contribution in [1.29, 1.82) is 0 Å². The van der Waals surface area contributed by atoms with Crippen LogP contribution >= 0.6 is 11.6 Å². The lowest BCUT2D eigenvalue weighted by Gasteiger charge is -2.10. The van der Waals surface area contributed by atoms with Crippen LogP contribution < -0.4 is 5.32 Å². The van der Waals surface area contributed by atoms with Crippen molar-refractivity contribution in [3.05, 3.63) is 83.4 Å². The van der Waals surface area contributed by atoms with Crippen LogP contribution in [0.5, 0.6) is 0 Å². The summed E-state index contributed by atoms with van der Waals surface area (Å²) in [6.07, 6.45) is 3.96. The van der Waals surface area contributed by atoms with Gasteiger partial charge in [0.2, 0.25) is 0 Å². The van der Waals surface area contributed by atoms with Gasteiger partial charge in [0.1, 0.15) is 5.82 Å². The quantitative estimate of drug-likeness (QED) is 0.726. The molecule has 0 spiro atoms. The molecule has 3 aromatic rings. The molecule has 1 N–H and O–H groups in total. The van der Waals surface area contributed by atoms with Gasteiger partial charge in [-0.05, 0) is 36.4 Å². The summed E-state index contributed by atoms with van der Waals surface area (Å²) in [5.74, 6) is -0.367. The van der Waals surface area contributed by atoms with Crippen LogP contribution in [0.25, 0.3) is 5.69 Å². The Bertz CT molecular complexity index is 738. The Hall–Kier alpha value is -2.26. The molecule has 3 rings (SSSR count). The van der Waals surface area contributed by atoms with Gasteiger partial charge in [-0.3, -0.25) is 0 Å². The van der Waals surface area contributed by atoms with Crippen molar-refractivity contribution in [1.82, 2.24) is 4.57 Å². The first-order valence-corrected chi connectivity index (χ1v) is 7.02. The standard InChI is InChI=1S/C17H14ClFN2/c18-16-8-3-5-13(17(16)19)12-20-14-6-4-7-15(11-14)21-9-1-2-10-21/h1-11,20H,12H2. The molecule has 1 aromatic heterocycles. The Morgan fingerprint density at radius 2 is 1.76 bits per heavy atom. The molecule has 0 aliphatic heterocycles. The van der Waals surface area contributed by atoms with Gasteiger partial charge >= 0.3 is 0 Å². The fraction of sp³-hybridized carbons (Fsp3) is 0.0588. The van der Waals surface area contributed by atoms with Crippen molar-refractivity contribution >= 4 is 17.3 Å². The summed E-state index contributed by atoms with van der Waals surface area (Å²) in [6.45, 7) is 0.390. The van der Waals surface area contributed by atoms with Gasteiger partial charge in [0, 0.05) is 35.9 Å². The SMILES string of the molecule is Fc1c(Cl)cccc1CNc1cccc(-n2cccc2)c1. The minimum Gasteiger partial charge on any atom is -0.381 e. The zero-order chi connectivity index (χ0) is 14.7. The Kier molecular flexibility index (Phi) is 3.93. The van der Waals surface area contributed by atoms with E-state index in [9.17, 15) is 4.39 Å². The molecule has 0 amide bonds. The van der Waals surface area contributed by atoms with E-state index < -0.39 is 0 Å². The fourth-order valence-corrected chi connectivity index (χ4v) is 2.36. The van der Waals surface area contributed by atoms with Crippen LogP contribution in [0.3, 0.4) is 0 Å². The number of hydrogen-bond donors (Lipinski definition) is 1. The van der Waals surface area contributed by atoms with Gasteiger partial charge in [0.15, 0.2) is 0 Å². The van der Waals surface area contributed by atoms with E-state index in [1.165, 1.54) is 0 Å². The summed E-state index contributed by atoms with van der Waals surface area (Å²) in [5, 5.41) is 3.37. The molecular weight excluding hydrogens is 287 g/mol. The van der Waals surface area contributed by atoms with E-state index in [2.05, 4.69) is 5.32 Å². The van der Waals surface area contributed by atoms with Gasteiger partial charge in [-0.2, -0.15) is 0 Å². The van der Waals surface area contributed by atoms with Crippen molar-refractivity contribution < 1.29 is 4.39 Å². The zero-order valence-electron chi connectivity index (χ0n) is 11.3. The molecule has 0 bridgehead atoms. The van der Waals surface area contributed by atoms with Crippen LogP contribution in [-0.2, 0) is 6.54 Å². The third kappa shape index (κ3) is 3.09. The first-order valence-electron chi connectivity index (χ1n) is 6.64. The largest absolute Gasteiger partial charge is 0.381 e. The third-order valence-corrected chi connectivity index (χ3v) is 3.56. The van der Waals surface area contributed by atoms with E-state index >= 15 is 0 Å². The van der Waals surface area contributed by atoms with Gasteiger partial charge in [0.05, 0.1) is 5.02 Å². The monoisotopic (exact) mass is 300 g/mol. The molecular formula is C17H14ClFN2. The van der Waals surface area contributed by atoms with E-state index in [1.54, 1.807) is 18.2 Å². The number of halogens is 2. The number of aromatic nitrogens is 1. The highest BCUT2D eigenvalue weighted by Crippen LogP contribution is 2.20. The van der Waals surface area contributed by atoms with E-state index in [4.69, 9.17) is 11.6 Å². The average Bonchev–Trinajstić information content (AvgIpc) is 3.03. The van der Waals surface area contributed by atoms with E-state index in [0.29, 0.717) is 12.1 Å². The Morgan fingerprint density at radius 3 is 2.57 bits per heavy atom. The topological polar surface area (TPSA) is 17.0 Å². The third-order valence-electron chi connectivity index (χ3n) is 3.26. The molecule has 0 saturated heterocycles. The zero-order valence-corrected chi connectivity index (χ0v) is 12.0. The molecule has 0 unspecified atom stereocenters. The van der Waals surface area contributed by atoms with E-state index in [0.717, 1.165) is 11.4 Å². The van der Waals surface area contributed by atoms with Gasteiger partial charge in [-0.15, -0.1) is 0 Å². The first kappa shape index (κ1) is 13.7. The summed E-state index contributed by atoms with van der Waals surface area (Å²) in [5.41, 5.74) is 2.53. The summed E-state index contributed by atoms with van der Waals surface area (Å²) < 4.78 is 15.8. The number of nitrogens with zero attached hydrogens (tertiary/aromatic N) is 1. The molecule has 0 radical (unpaired) electrons. The lowest BCUT2D eigenvalue weighted by Crippen LogP contribution is -2.02. The molecule has 4 heteroatoms. The second kappa shape index (κ2) is 6.02. The molecule has 0 fully saturated rings. The van der Waals surface area contributed by atoms with E-state index in [1.807, 2.05) is 53.4 Å². The summed E-state index contributed by atoms with van der Waals surface area (Å²) in [7, 11) is 0. The van der Waals surface area contributed by atoms with Gasteiger partial charge in [-0.25, -0.2) is 4.39 Å². The van der Waals surface area contributed by atoms with Gasteiger partial charge in [0.25, 0.3) is 0 Å². The highest BCUT2D eigenvalue weighted by atomic mass is 35.5. The summed E-state index contributed by atoms with van der Waals surface area (Å²) in [6, 6.07) is 16.9. The molecule has 0 aliphatic rings. The Morgan fingerprint density at radius 1 is 1.00 bits per heavy atom. The van der Waals surface area contributed by atoms with E-state index in [-0.39, 0.29) is 10.8 Å². The Balaban J connectivity index is 1.77. The maximum absolute atomic E-state index is 13.8. The second-order valence-corrected chi connectivity index (χ2v) is 5.11. The Labute approximate surface area is 127 Å². The van der Waals surface area contributed by atoms with Crippen molar-refractivity contribution in [2.45, 2.75) is 6.54 Å². The predicted octanol–water partition coefficient (Wildman–Crippen LogP) is 4.88. The molecule has 1 heterocycles. The van der Waals surface area contributed by atoms with Crippen LogP contribution in [0, 0.1) is 5.82 Å². The first-order chi connectivity index (χ1) is 10.2. The lowest BCUT2D eigenvalue weighted by atomic mass is 10.2. The number of nitrogens with one attached hydrogen (secondary N) is 1. The number of anilines is 1.